The average Bonchev–Trinajstić information content (AvgIpc) is 2.26. The van der Waals surface area contributed by atoms with Crippen molar-refractivity contribution in [3.63, 3.8) is 0 Å². The Bertz CT molecular complexity index is 363. The molecule has 1 rings (SSSR count). The summed E-state index contributed by atoms with van der Waals surface area (Å²) in [5.41, 5.74) is 0.980. The zero-order valence-corrected chi connectivity index (χ0v) is 11.0. The number of carbonyl (C=O) groups is 1. The van der Waals surface area contributed by atoms with Crippen molar-refractivity contribution < 1.29 is 14.3 Å². The van der Waals surface area contributed by atoms with Crippen LogP contribution in [0.4, 0.5) is 0 Å². The van der Waals surface area contributed by atoms with Crippen LogP contribution in [-0.2, 0) is 16.0 Å². The lowest BCUT2D eigenvalue weighted by Crippen LogP contribution is -2.06. The van der Waals surface area contributed by atoms with E-state index in [1.165, 1.54) is 0 Å². The summed E-state index contributed by atoms with van der Waals surface area (Å²) in [6, 6.07) is 5.65. The molecule has 0 N–H and O–H groups in total. The predicted molar refractivity (Wildman–Crippen MR) is 65.9 cm³/mol. The molecule has 88 valence electrons. The third-order valence-electron chi connectivity index (χ3n) is 2.20. The SMILES string of the molecule is COCCC(=O)Cc1ccc(OC)c(Br)c1. The minimum atomic E-state index is 0.180. The fourth-order valence-corrected chi connectivity index (χ4v) is 1.94. The quantitative estimate of drug-likeness (QED) is 0.806. The van der Waals surface area contributed by atoms with Crippen molar-refractivity contribution in [1.82, 2.24) is 0 Å². The number of methoxy groups -OCH3 is 2. The molecule has 3 nitrogen and oxygen atoms in total. The summed E-state index contributed by atoms with van der Waals surface area (Å²) >= 11 is 3.39. The zero-order valence-electron chi connectivity index (χ0n) is 9.46. The first-order valence-corrected chi connectivity index (χ1v) is 5.79. The maximum Gasteiger partial charge on any atom is 0.139 e. The van der Waals surface area contributed by atoms with Crippen LogP contribution in [0.5, 0.6) is 5.75 Å². The van der Waals surface area contributed by atoms with E-state index in [0.29, 0.717) is 19.4 Å². The van der Waals surface area contributed by atoms with Gasteiger partial charge in [0.1, 0.15) is 11.5 Å². The number of ketones is 1. The van der Waals surface area contributed by atoms with Crippen molar-refractivity contribution in [3.8, 4) is 5.75 Å². The molecule has 4 heteroatoms. The Hall–Kier alpha value is -0.870. The van der Waals surface area contributed by atoms with Crippen molar-refractivity contribution in [1.29, 1.82) is 0 Å². The molecule has 0 aliphatic heterocycles. The summed E-state index contributed by atoms with van der Waals surface area (Å²) in [6.07, 6.45) is 0.895. The number of halogens is 1. The summed E-state index contributed by atoms with van der Waals surface area (Å²) in [5.74, 6) is 0.951. The van der Waals surface area contributed by atoms with Gasteiger partial charge in [0.25, 0.3) is 0 Å². The second-order valence-corrected chi connectivity index (χ2v) is 4.28. The fraction of sp³-hybridized carbons (Fsp3) is 0.417. The van der Waals surface area contributed by atoms with Crippen LogP contribution in [0, 0.1) is 0 Å². The van der Waals surface area contributed by atoms with Gasteiger partial charge in [-0.15, -0.1) is 0 Å². The summed E-state index contributed by atoms with van der Waals surface area (Å²) in [7, 11) is 3.21. The van der Waals surface area contributed by atoms with Crippen LogP contribution in [0.1, 0.15) is 12.0 Å². The first-order valence-electron chi connectivity index (χ1n) is 5.00. The first-order chi connectivity index (χ1) is 7.67. The molecule has 0 spiro atoms. The molecular weight excluding hydrogens is 272 g/mol. The minimum absolute atomic E-state index is 0.180. The van der Waals surface area contributed by atoms with Crippen LogP contribution in [-0.4, -0.2) is 26.6 Å². The molecule has 1 aromatic rings. The van der Waals surface area contributed by atoms with Gasteiger partial charge in [-0.25, -0.2) is 0 Å². The van der Waals surface area contributed by atoms with E-state index < -0.39 is 0 Å². The van der Waals surface area contributed by atoms with Crippen molar-refractivity contribution >= 4 is 21.7 Å². The Morgan fingerprint density at radius 2 is 2.12 bits per heavy atom. The Balaban J connectivity index is 2.61. The fourth-order valence-electron chi connectivity index (χ4n) is 1.35. The highest BCUT2D eigenvalue weighted by atomic mass is 79.9. The Kier molecular flexibility index (Phi) is 5.49. The lowest BCUT2D eigenvalue weighted by atomic mass is 10.1. The van der Waals surface area contributed by atoms with E-state index in [9.17, 15) is 4.79 Å². The Labute approximate surface area is 104 Å². The van der Waals surface area contributed by atoms with Crippen LogP contribution in [0.2, 0.25) is 0 Å². The van der Waals surface area contributed by atoms with E-state index in [1.54, 1.807) is 14.2 Å². The normalized spacial score (nSPS) is 10.2. The lowest BCUT2D eigenvalue weighted by molar-refractivity contribution is -0.119. The highest BCUT2D eigenvalue weighted by Crippen LogP contribution is 2.25. The molecule has 0 aliphatic rings. The molecule has 16 heavy (non-hydrogen) atoms. The third kappa shape index (κ3) is 3.94. The molecule has 0 heterocycles. The van der Waals surface area contributed by atoms with Crippen molar-refractivity contribution in [3.05, 3.63) is 28.2 Å². The van der Waals surface area contributed by atoms with Gasteiger partial charge in [-0.3, -0.25) is 4.79 Å². The predicted octanol–water partition coefficient (Wildman–Crippen LogP) is 2.61. The van der Waals surface area contributed by atoms with Crippen molar-refractivity contribution in [2.24, 2.45) is 0 Å². The number of benzene rings is 1. The molecule has 0 bridgehead atoms. The number of Topliss-reactive ketones (excluding diaryl/α,β-unsaturated/α-hetero) is 1. The number of rotatable bonds is 6. The summed E-state index contributed by atoms with van der Waals surface area (Å²) < 4.78 is 10.8. The molecule has 0 atom stereocenters. The van der Waals surface area contributed by atoms with E-state index in [1.807, 2.05) is 18.2 Å². The average molecular weight is 287 g/mol. The van der Waals surface area contributed by atoms with Gasteiger partial charge in [0.15, 0.2) is 0 Å². The van der Waals surface area contributed by atoms with Gasteiger partial charge in [0, 0.05) is 20.0 Å². The summed E-state index contributed by atoms with van der Waals surface area (Å²) in [6.45, 7) is 0.482. The van der Waals surface area contributed by atoms with Gasteiger partial charge in [-0.2, -0.15) is 0 Å². The molecule has 0 fully saturated rings. The lowest BCUT2D eigenvalue weighted by Gasteiger charge is -2.05. The summed E-state index contributed by atoms with van der Waals surface area (Å²) in [5, 5.41) is 0. The van der Waals surface area contributed by atoms with Crippen LogP contribution in [0.15, 0.2) is 22.7 Å². The monoisotopic (exact) mass is 286 g/mol. The molecular formula is C12H15BrO3. The molecule has 0 unspecified atom stereocenters. The molecule has 0 aromatic heterocycles. The number of carbonyl (C=O) groups excluding carboxylic acids is 1. The largest absolute Gasteiger partial charge is 0.496 e. The van der Waals surface area contributed by atoms with Crippen LogP contribution < -0.4 is 4.74 Å². The number of hydrogen-bond donors (Lipinski definition) is 0. The molecule has 0 saturated heterocycles. The van der Waals surface area contributed by atoms with Crippen LogP contribution in [0.25, 0.3) is 0 Å². The second kappa shape index (κ2) is 6.66. The van der Waals surface area contributed by atoms with Gasteiger partial charge in [0.05, 0.1) is 18.2 Å². The van der Waals surface area contributed by atoms with E-state index in [-0.39, 0.29) is 5.78 Å². The van der Waals surface area contributed by atoms with Gasteiger partial charge < -0.3 is 9.47 Å². The van der Waals surface area contributed by atoms with Crippen molar-refractivity contribution in [2.75, 3.05) is 20.8 Å². The highest BCUT2D eigenvalue weighted by molar-refractivity contribution is 9.10. The zero-order chi connectivity index (χ0) is 12.0. The third-order valence-corrected chi connectivity index (χ3v) is 2.82. The molecule has 0 radical (unpaired) electrons. The smallest absolute Gasteiger partial charge is 0.139 e. The molecule has 0 aliphatic carbocycles. The van der Waals surface area contributed by atoms with Crippen LogP contribution >= 0.6 is 15.9 Å². The van der Waals surface area contributed by atoms with Gasteiger partial charge >= 0.3 is 0 Å². The number of hydrogen-bond acceptors (Lipinski definition) is 3. The van der Waals surface area contributed by atoms with Crippen molar-refractivity contribution in [2.45, 2.75) is 12.8 Å². The summed E-state index contributed by atoms with van der Waals surface area (Å²) in [4.78, 5) is 11.5. The van der Waals surface area contributed by atoms with Crippen LogP contribution in [0.3, 0.4) is 0 Å². The van der Waals surface area contributed by atoms with E-state index in [0.717, 1.165) is 15.8 Å². The minimum Gasteiger partial charge on any atom is -0.496 e. The molecule has 0 saturated carbocycles. The maximum atomic E-state index is 11.5. The highest BCUT2D eigenvalue weighted by Gasteiger charge is 2.06. The molecule has 1 aromatic carbocycles. The van der Waals surface area contributed by atoms with Gasteiger partial charge in [0.2, 0.25) is 0 Å². The number of ether oxygens (including phenoxy) is 2. The van der Waals surface area contributed by atoms with E-state index >= 15 is 0 Å². The Morgan fingerprint density at radius 3 is 2.69 bits per heavy atom. The topological polar surface area (TPSA) is 35.5 Å². The second-order valence-electron chi connectivity index (χ2n) is 3.43. The van der Waals surface area contributed by atoms with E-state index in [4.69, 9.17) is 9.47 Å². The maximum absolute atomic E-state index is 11.5. The standard InChI is InChI=1S/C12H15BrO3/c1-15-6-5-10(14)7-9-3-4-12(16-2)11(13)8-9/h3-4,8H,5-7H2,1-2H3. The first kappa shape index (κ1) is 13.2. The van der Waals surface area contributed by atoms with Gasteiger partial charge in [-0.1, -0.05) is 6.07 Å². The van der Waals surface area contributed by atoms with E-state index in [2.05, 4.69) is 15.9 Å². The molecule has 0 amide bonds. The Morgan fingerprint density at radius 1 is 1.38 bits per heavy atom. The van der Waals surface area contributed by atoms with Gasteiger partial charge in [-0.05, 0) is 33.6 Å².